The summed E-state index contributed by atoms with van der Waals surface area (Å²) < 4.78 is 0. The van der Waals surface area contributed by atoms with Gasteiger partial charge in [-0.3, -0.25) is 9.59 Å². The molecule has 1 saturated heterocycles. The summed E-state index contributed by atoms with van der Waals surface area (Å²) in [5.41, 5.74) is 3.22. The smallest absolute Gasteiger partial charge is 0.253 e. The molecule has 5 nitrogen and oxygen atoms in total. The van der Waals surface area contributed by atoms with Crippen LogP contribution in [-0.2, 0) is 11.3 Å². The second-order valence-corrected chi connectivity index (χ2v) is 6.28. The molecule has 5 heteroatoms. The molecule has 1 heterocycles. The molecule has 0 atom stereocenters. The minimum absolute atomic E-state index is 0.127. The van der Waals surface area contributed by atoms with Crippen molar-refractivity contribution in [1.29, 1.82) is 0 Å². The maximum Gasteiger partial charge on any atom is 0.253 e. The molecule has 0 saturated carbocycles. The molecule has 2 N–H and O–H groups in total. The van der Waals surface area contributed by atoms with E-state index in [4.69, 9.17) is 0 Å². The van der Waals surface area contributed by atoms with Crippen LogP contribution in [0.5, 0.6) is 0 Å². The summed E-state index contributed by atoms with van der Waals surface area (Å²) in [5, 5.41) is 5.74. The van der Waals surface area contributed by atoms with Gasteiger partial charge in [-0.15, -0.1) is 0 Å². The van der Waals surface area contributed by atoms with E-state index in [1.807, 2.05) is 42.5 Å². The predicted molar refractivity (Wildman–Crippen MR) is 99.8 cm³/mol. The Morgan fingerprint density at radius 1 is 1.04 bits per heavy atom. The van der Waals surface area contributed by atoms with Gasteiger partial charge in [-0.1, -0.05) is 30.3 Å². The average molecular weight is 337 g/mol. The van der Waals surface area contributed by atoms with Gasteiger partial charge in [-0.2, -0.15) is 0 Å². The highest BCUT2D eigenvalue weighted by atomic mass is 16.2. The molecule has 130 valence electrons. The Hall–Kier alpha value is -2.82. The standard InChI is InChI=1S/C20H23N3O2/c1-15(24)22-17-9-10-19(23-11-5-6-12-23)18(13-17)20(25)21-14-16-7-3-2-4-8-16/h2-4,7-10,13H,5-6,11-12,14H2,1H3,(H,21,25)(H,22,24). The third kappa shape index (κ3) is 4.38. The highest BCUT2D eigenvalue weighted by Crippen LogP contribution is 2.27. The average Bonchev–Trinajstić information content (AvgIpc) is 3.14. The molecular weight excluding hydrogens is 314 g/mol. The molecule has 2 aromatic carbocycles. The van der Waals surface area contributed by atoms with E-state index in [0.717, 1.165) is 37.2 Å². The summed E-state index contributed by atoms with van der Waals surface area (Å²) in [6.45, 7) is 3.85. The number of amides is 2. The van der Waals surface area contributed by atoms with E-state index in [1.165, 1.54) is 6.92 Å². The molecule has 1 aliphatic rings. The third-order valence-corrected chi connectivity index (χ3v) is 4.30. The van der Waals surface area contributed by atoms with E-state index < -0.39 is 0 Å². The molecule has 0 unspecified atom stereocenters. The van der Waals surface area contributed by atoms with Crippen LogP contribution in [0.3, 0.4) is 0 Å². The van der Waals surface area contributed by atoms with E-state index in [9.17, 15) is 9.59 Å². The summed E-state index contributed by atoms with van der Waals surface area (Å²) in [5.74, 6) is -0.275. The van der Waals surface area contributed by atoms with Crippen molar-refractivity contribution in [3.05, 3.63) is 59.7 Å². The minimum Gasteiger partial charge on any atom is -0.371 e. The lowest BCUT2D eigenvalue weighted by molar-refractivity contribution is -0.114. The Balaban J connectivity index is 1.82. The first-order valence-corrected chi connectivity index (χ1v) is 8.62. The molecule has 0 bridgehead atoms. The van der Waals surface area contributed by atoms with Gasteiger partial charge in [0.1, 0.15) is 0 Å². The highest BCUT2D eigenvalue weighted by Gasteiger charge is 2.20. The molecule has 0 aliphatic carbocycles. The molecular formula is C20H23N3O2. The zero-order chi connectivity index (χ0) is 17.6. The fourth-order valence-corrected chi connectivity index (χ4v) is 3.11. The number of carbonyl (C=O) groups excluding carboxylic acids is 2. The van der Waals surface area contributed by atoms with Gasteiger partial charge in [0.05, 0.1) is 5.56 Å². The van der Waals surface area contributed by atoms with Crippen LogP contribution in [-0.4, -0.2) is 24.9 Å². The number of hydrogen-bond acceptors (Lipinski definition) is 3. The molecule has 25 heavy (non-hydrogen) atoms. The van der Waals surface area contributed by atoms with Crippen molar-refractivity contribution in [2.45, 2.75) is 26.3 Å². The van der Waals surface area contributed by atoms with Crippen molar-refractivity contribution >= 4 is 23.2 Å². The van der Waals surface area contributed by atoms with Gasteiger partial charge in [0.15, 0.2) is 0 Å². The monoisotopic (exact) mass is 337 g/mol. The van der Waals surface area contributed by atoms with Gasteiger partial charge in [0, 0.05) is 37.9 Å². The maximum absolute atomic E-state index is 12.8. The summed E-state index contributed by atoms with van der Waals surface area (Å²) in [7, 11) is 0. The second kappa shape index (κ2) is 7.83. The Morgan fingerprint density at radius 3 is 2.44 bits per heavy atom. The largest absolute Gasteiger partial charge is 0.371 e. The normalized spacial score (nSPS) is 13.6. The van der Waals surface area contributed by atoms with Crippen molar-refractivity contribution in [3.8, 4) is 0 Å². The van der Waals surface area contributed by atoms with Crippen LogP contribution in [0, 0.1) is 0 Å². The van der Waals surface area contributed by atoms with E-state index in [-0.39, 0.29) is 11.8 Å². The summed E-state index contributed by atoms with van der Waals surface area (Å²) in [4.78, 5) is 26.3. The van der Waals surface area contributed by atoms with Crippen molar-refractivity contribution in [2.75, 3.05) is 23.3 Å². The lowest BCUT2D eigenvalue weighted by Crippen LogP contribution is -2.27. The molecule has 2 aromatic rings. The van der Waals surface area contributed by atoms with Crippen LogP contribution in [0.2, 0.25) is 0 Å². The van der Waals surface area contributed by atoms with Crippen molar-refractivity contribution in [1.82, 2.24) is 5.32 Å². The third-order valence-electron chi connectivity index (χ3n) is 4.30. The molecule has 0 aromatic heterocycles. The van der Waals surface area contributed by atoms with Gasteiger partial charge >= 0.3 is 0 Å². The SMILES string of the molecule is CC(=O)Nc1ccc(N2CCCC2)c(C(=O)NCc2ccccc2)c1. The summed E-state index contributed by atoms with van der Waals surface area (Å²) in [6.07, 6.45) is 2.27. The minimum atomic E-state index is -0.149. The number of nitrogens with zero attached hydrogens (tertiary/aromatic N) is 1. The van der Waals surface area contributed by atoms with E-state index in [2.05, 4.69) is 15.5 Å². The number of benzene rings is 2. The van der Waals surface area contributed by atoms with E-state index in [0.29, 0.717) is 17.8 Å². The van der Waals surface area contributed by atoms with Crippen LogP contribution in [0.1, 0.15) is 35.7 Å². The van der Waals surface area contributed by atoms with Gasteiger partial charge in [-0.05, 0) is 36.6 Å². The molecule has 2 amide bonds. The van der Waals surface area contributed by atoms with Gasteiger partial charge in [0.2, 0.25) is 5.91 Å². The fraction of sp³-hybridized carbons (Fsp3) is 0.300. The molecule has 1 fully saturated rings. The van der Waals surface area contributed by atoms with E-state index in [1.54, 1.807) is 6.07 Å². The number of carbonyl (C=O) groups is 2. The quantitative estimate of drug-likeness (QED) is 0.881. The first kappa shape index (κ1) is 17.0. The lowest BCUT2D eigenvalue weighted by atomic mass is 10.1. The fourth-order valence-electron chi connectivity index (χ4n) is 3.11. The Kier molecular flexibility index (Phi) is 5.33. The number of rotatable bonds is 5. The zero-order valence-corrected chi connectivity index (χ0v) is 14.4. The van der Waals surface area contributed by atoms with Crippen molar-refractivity contribution in [3.63, 3.8) is 0 Å². The van der Waals surface area contributed by atoms with Crippen molar-refractivity contribution in [2.24, 2.45) is 0 Å². The molecule has 1 aliphatic heterocycles. The molecule has 3 rings (SSSR count). The summed E-state index contributed by atoms with van der Waals surface area (Å²) in [6, 6.07) is 15.4. The first-order valence-electron chi connectivity index (χ1n) is 8.62. The Morgan fingerprint density at radius 2 is 1.76 bits per heavy atom. The van der Waals surface area contributed by atoms with Crippen LogP contribution in [0.4, 0.5) is 11.4 Å². The Labute approximate surface area is 148 Å². The van der Waals surface area contributed by atoms with Crippen LogP contribution >= 0.6 is 0 Å². The zero-order valence-electron chi connectivity index (χ0n) is 14.4. The van der Waals surface area contributed by atoms with Gasteiger partial charge in [-0.25, -0.2) is 0 Å². The topological polar surface area (TPSA) is 61.4 Å². The molecule has 0 radical (unpaired) electrons. The lowest BCUT2D eigenvalue weighted by Gasteiger charge is -2.22. The first-order chi connectivity index (χ1) is 12.1. The number of hydrogen-bond donors (Lipinski definition) is 2. The second-order valence-electron chi connectivity index (χ2n) is 6.28. The maximum atomic E-state index is 12.8. The highest BCUT2D eigenvalue weighted by molar-refractivity contribution is 6.02. The van der Waals surface area contributed by atoms with Gasteiger partial charge < -0.3 is 15.5 Å². The summed E-state index contributed by atoms with van der Waals surface area (Å²) >= 11 is 0. The number of anilines is 2. The van der Waals surface area contributed by atoms with Crippen molar-refractivity contribution < 1.29 is 9.59 Å². The van der Waals surface area contributed by atoms with Crippen LogP contribution < -0.4 is 15.5 Å². The van der Waals surface area contributed by atoms with Crippen LogP contribution in [0.25, 0.3) is 0 Å². The molecule has 0 spiro atoms. The van der Waals surface area contributed by atoms with Gasteiger partial charge in [0.25, 0.3) is 5.91 Å². The predicted octanol–water partition coefficient (Wildman–Crippen LogP) is 3.18. The Bertz CT molecular complexity index is 753. The number of nitrogens with one attached hydrogen (secondary N) is 2. The van der Waals surface area contributed by atoms with Crippen LogP contribution in [0.15, 0.2) is 48.5 Å². The van der Waals surface area contributed by atoms with E-state index >= 15 is 0 Å².